The van der Waals surface area contributed by atoms with E-state index >= 15 is 0 Å². The lowest BCUT2D eigenvalue weighted by Crippen LogP contribution is -1.96. The zero-order chi connectivity index (χ0) is 6.69. The van der Waals surface area contributed by atoms with Crippen LogP contribution >= 0.6 is 15.9 Å². The van der Waals surface area contributed by atoms with Crippen LogP contribution in [-0.4, -0.2) is 5.71 Å². The Morgan fingerprint density at radius 3 is 2.89 bits per heavy atom. The Labute approximate surface area is 63.0 Å². The largest absolute Gasteiger partial charge is 0.251 e. The zero-order valence-electron chi connectivity index (χ0n) is 4.89. The molecule has 0 spiro atoms. The molecule has 0 aromatic rings. The molecule has 0 unspecified atom stereocenters. The van der Waals surface area contributed by atoms with E-state index in [4.69, 9.17) is 6.42 Å². The molecule has 0 bridgehead atoms. The predicted octanol–water partition coefficient (Wildman–Crippen LogP) is 2.09. The quantitative estimate of drug-likeness (QED) is 0.511. The van der Waals surface area contributed by atoms with E-state index in [1.165, 1.54) is 0 Å². The molecule has 1 aliphatic heterocycles. The van der Waals surface area contributed by atoms with Gasteiger partial charge < -0.3 is 0 Å². The Balaban J connectivity index is 2.73. The monoisotopic (exact) mass is 183 g/mol. The molecule has 0 atom stereocenters. The number of rotatable bonds is 0. The smallest absolute Gasteiger partial charge is 0.0900 e. The van der Waals surface area contributed by atoms with Crippen molar-refractivity contribution in [1.29, 1.82) is 0 Å². The van der Waals surface area contributed by atoms with Gasteiger partial charge in [0.15, 0.2) is 0 Å². The fraction of sp³-hybridized carbons (Fsp3) is 0.286. The van der Waals surface area contributed by atoms with Crippen LogP contribution in [0.4, 0.5) is 0 Å². The predicted molar refractivity (Wildman–Crippen MR) is 42.5 cm³/mol. The van der Waals surface area contributed by atoms with Gasteiger partial charge >= 0.3 is 0 Å². The van der Waals surface area contributed by atoms with E-state index in [2.05, 4.69) is 26.8 Å². The van der Waals surface area contributed by atoms with Crippen molar-refractivity contribution in [2.24, 2.45) is 4.99 Å². The van der Waals surface area contributed by atoms with Crippen molar-refractivity contribution in [1.82, 2.24) is 0 Å². The Morgan fingerprint density at radius 2 is 2.44 bits per heavy atom. The number of nitrogens with zero attached hydrogens (tertiary/aromatic N) is 1. The van der Waals surface area contributed by atoms with Crippen LogP contribution in [0.15, 0.2) is 15.7 Å². The minimum Gasteiger partial charge on any atom is -0.251 e. The lowest BCUT2D eigenvalue weighted by Gasteiger charge is -2.02. The summed E-state index contributed by atoms with van der Waals surface area (Å²) in [5.41, 5.74) is 0.846. The normalized spacial score (nSPS) is 17.8. The highest BCUT2D eigenvalue weighted by Crippen LogP contribution is 2.17. The first-order chi connectivity index (χ1) is 4.33. The van der Waals surface area contributed by atoms with Crippen LogP contribution in [0.5, 0.6) is 0 Å². The van der Waals surface area contributed by atoms with Crippen molar-refractivity contribution in [2.45, 2.75) is 12.8 Å². The molecule has 0 amide bonds. The molecule has 0 saturated heterocycles. The molecule has 0 saturated carbocycles. The van der Waals surface area contributed by atoms with E-state index < -0.39 is 0 Å². The highest BCUT2D eigenvalue weighted by molar-refractivity contribution is 9.11. The van der Waals surface area contributed by atoms with Gasteiger partial charge in [0.05, 0.1) is 5.71 Å². The Morgan fingerprint density at radius 1 is 1.67 bits per heavy atom. The van der Waals surface area contributed by atoms with Gasteiger partial charge in [-0.05, 0) is 6.42 Å². The summed E-state index contributed by atoms with van der Waals surface area (Å²) in [6.45, 7) is 0. The molecule has 1 rings (SSSR count). The van der Waals surface area contributed by atoms with Crippen molar-refractivity contribution in [3.63, 3.8) is 0 Å². The van der Waals surface area contributed by atoms with Crippen LogP contribution < -0.4 is 0 Å². The molecule has 0 radical (unpaired) electrons. The molecule has 1 heterocycles. The second kappa shape index (κ2) is 2.84. The first kappa shape index (κ1) is 6.57. The van der Waals surface area contributed by atoms with Gasteiger partial charge in [0.2, 0.25) is 0 Å². The van der Waals surface area contributed by atoms with Crippen LogP contribution in [-0.2, 0) is 0 Å². The van der Waals surface area contributed by atoms with Gasteiger partial charge in [-0.1, -0.05) is 21.9 Å². The lowest BCUT2D eigenvalue weighted by molar-refractivity contribution is 1.06. The standard InChI is InChI=1S/C7H6BrN/c1-2-7-4-3-6(8)5-9-7/h1,5H,3-4H2. The number of aliphatic imine (C=N–C) groups is 1. The van der Waals surface area contributed by atoms with Crippen molar-refractivity contribution in [3.05, 3.63) is 10.7 Å². The Hall–Kier alpha value is -0.550. The van der Waals surface area contributed by atoms with Gasteiger partial charge in [-0.25, -0.2) is 0 Å². The highest BCUT2D eigenvalue weighted by atomic mass is 79.9. The summed E-state index contributed by atoms with van der Waals surface area (Å²) in [6.07, 6.45) is 8.77. The minimum absolute atomic E-state index is 0.846. The van der Waals surface area contributed by atoms with Gasteiger partial charge in [0.1, 0.15) is 0 Å². The molecule has 46 valence electrons. The van der Waals surface area contributed by atoms with Crippen LogP contribution in [0.3, 0.4) is 0 Å². The van der Waals surface area contributed by atoms with Crippen molar-refractivity contribution in [2.75, 3.05) is 0 Å². The second-order valence-electron chi connectivity index (χ2n) is 1.80. The molecule has 1 nitrogen and oxygen atoms in total. The number of hydrogen-bond acceptors (Lipinski definition) is 1. The van der Waals surface area contributed by atoms with E-state index in [0.29, 0.717) is 0 Å². The number of allylic oxidation sites excluding steroid dienone is 1. The van der Waals surface area contributed by atoms with Crippen LogP contribution in [0.25, 0.3) is 0 Å². The van der Waals surface area contributed by atoms with E-state index in [9.17, 15) is 0 Å². The summed E-state index contributed by atoms with van der Waals surface area (Å²) in [4.78, 5) is 4.00. The molecule has 2 heteroatoms. The summed E-state index contributed by atoms with van der Waals surface area (Å²) in [5.74, 6) is 2.51. The maximum absolute atomic E-state index is 5.12. The minimum atomic E-state index is 0.846. The first-order valence-electron chi connectivity index (χ1n) is 2.71. The SMILES string of the molecule is C#CC1=NC=C(Br)CC1. The van der Waals surface area contributed by atoms with Gasteiger partial charge in [0, 0.05) is 17.1 Å². The second-order valence-corrected chi connectivity index (χ2v) is 2.81. The van der Waals surface area contributed by atoms with Crippen LogP contribution in [0, 0.1) is 12.3 Å². The summed E-state index contributed by atoms with van der Waals surface area (Å²) in [7, 11) is 0. The molecule has 0 aromatic carbocycles. The van der Waals surface area contributed by atoms with Gasteiger partial charge in [-0.3, -0.25) is 4.99 Å². The molecular formula is C7H6BrN. The average Bonchev–Trinajstić information content (AvgIpc) is 1.90. The summed E-state index contributed by atoms with van der Waals surface area (Å²) >= 11 is 3.33. The van der Waals surface area contributed by atoms with E-state index in [1.807, 2.05) is 0 Å². The highest BCUT2D eigenvalue weighted by Gasteiger charge is 2.01. The first-order valence-corrected chi connectivity index (χ1v) is 3.50. The fourth-order valence-electron chi connectivity index (χ4n) is 0.624. The summed E-state index contributed by atoms with van der Waals surface area (Å²) in [5, 5.41) is 0. The van der Waals surface area contributed by atoms with Crippen molar-refractivity contribution >= 4 is 21.6 Å². The van der Waals surface area contributed by atoms with E-state index in [1.54, 1.807) is 6.20 Å². The molecule has 0 aromatic heterocycles. The van der Waals surface area contributed by atoms with Crippen molar-refractivity contribution < 1.29 is 0 Å². The van der Waals surface area contributed by atoms with Gasteiger partial charge in [-0.15, -0.1) is 6.42 Å². The Kier molecular flexibility index (Phi) is 2.07. The number of halogens is 1. The van der Waals surface area contributed by atoms with Crippen molar-refractivity contribution in [3.8, 4) is 12.3 Å². The van der Waals surface area contributed by atoms with E-state index in [0.717, 1.165) is 23.0 Å². The van der Waals surface area contributed by atoms with Gasteiger partial charge in [-0.2, -0.15) is 0 Å². The average molecular weight is 184 g/mol. The third kappa shape index (κ3) is 1.69. The molecule has 0 N–H and O–H groups in total. The maximum Gasteiger partial charge on any atom is 0.0900 e. The Bertz CT molecular complexity index is 207. The van der Waals surface area contributed by atoms with Crippen LogP contribution in [0.1, 0.15) is 12.8 Å². The third-order valence-corrected chi connectivity index (χ3v) is 1.73. The molecular weight excluding hydrogens is 178 g/mol. The summed E-state index contributed by atoms with van der Waals surface area (Å²) < 4.78 is 1.13. The lowest BCUT2D eigenvalue weighted by atomic mass is 10.2. The molecule has 0 fully saturated rings. The number of hydrogen-bond donors (Lipinski definition) is 0. The van der Waals surface area contributed by atoms with Crippen LogP contribution in [0.2, 0.25) is 0 Å². The fourth-order valence-corrected chi connectivity index (χ4v) is 0.925. The maximum atomic E-state index is 5.12. The van der Waals surface area contributed by atoms with Gasteiger partial charge in [0.25, 0.3) is 0 Å². The third-order valence-electron chi connectivity index (χ3n) is 1.13. The number of terminal acetylenes is 1. The van der Waals surface area contributed by atoms with E-state index in [-0.39, 0.29) is 0 Å². The summed E-state index contributed by atoms with van der Waals surface area (Å²) in [6, 6.07) is 0. The zero-order valence-corrected chi connectivity index (χ0v) is 6.48. The molecule has 9 heavy (non-hydrogen) atoms. The molecule has 0 aliphatic carbocycles. The topological polar surface area (TPSA) is 12.4 Å². The molecule has 1 aliphatic rings.